The third-order valence-electron chi connectivity index (χ3n) is 3.64. The topological polar surface area (TPSA) is 49.6 Å². The van der Waals surface area contributed by atoms with Gasteiger partial charge in [0.1, 0.15) is 0 Å². The summed E-state index contributed by atoms with van der Waals surface area (Å²) in [6, 6.07) is 4.15. The maximum atomic E-state index is 13.7. The Balaban J connectivity index is 2.11. The van der Waals surface area contributed by atoms with Crippen LogP contribution in [-0.2, 0) is 11.3 Å². The third-order valence-corrected chi connectivity index (χ3v) is 3.64. The first kappa shape index (κ1) is 14.9. The van der Waals surface area contributed by atoms with Crippen molar-refractivity contribution >= 4 is 5.91 Å². The van der Waals surface area contributed by atoms with Gasteiger partial charge in [-0.1, -0.05) is 12.1 Å². The van der Waals surface area contributed by atoms with Gasteiger partial charge in [0.05, 0.1) is 5.92 Å². The molecule has 6 heteroatoms. The predicted molar refractivity (Wildman–Crippen MR) is 71.8 cm³/mol. The molecule has 20 heavy (non-hydrogen) atoms. The molecular formula is C14H19F2N3O. The van der Waals surface area contributed by atoms with E-state index in [9.17, 15) is 13.6 Å². The molecular weight excluding hydrogens is 264 g/mol. The number of nitrogens with two attached hydrogens (primary N) is 1. The molecule has 0 aromatic heterocycles. The van der Waals surface area contributed by atoms with Crippen LogP contribution in [0.15, 0.2) is 18.2 Å². The van der Waals surface area contributed by atoms with Gasteiger partial charge in [0, 0.05) is 38.3 Å². The van der Waals surface area contributed by atoms with Crippen molar-refractivity contribution in [1.29, 1.82) is 0 Å². The fourth-order valence-electron chi connectivity index (χ4n) is 2.48. The Labute approximate surface area is 117 Å². The van der Waals surface area contributed by atoms with Gasteiger partial charge in [-0.25, -0.2) is 8.78 Å². The van der Waals surface area contributed by atoms with Crippen molar-refractivity contribution in [3.8, 4) is 0 Å². The van der Waals surface area contributed by atoms with E-state index in [1.165, 1.54) is 6.07 Å². The number of rotatable bonds is 3. The zero-order valence-corrected chi connectivity index (χ0v) is 11.5. The van der Waals surface area contributed by atoms with E-state index in [2.05, 4.69) is 0 Å². The number of likely N-dealkylation sites (N-methyl/N-ethyl adjacent to an activating group) is 1. The average molecular weight is 283 g/mol. The minimum Gasteiger partial charge on any atom is -0.369 e. The number of carbonyl (C=O) groups is 1. The average Bonchev–Trinajstić information content (AvgIpc) is 2.57. The first-order chi connectivity index (χ1) is 9.47. The highest BCUT2D eigenvalue weighted by Crippen LogP contribution is 2.16. The molecule has 1 aromatic carbocycles. The second-order valence-electron chi connectivity index (χ2n) is 5.31. The number of benzene rings is 1. The Bertz CT molecular complexity index is 495. The van der Waals surface area contributed by atoms with Crippen molar-refractivity contribution in [3.05, 3.63) is 35.4 Å². The summed E-state index contributed by atoms with van der Waals surface area (Å²) in [5.41, 5.74) is 5.69. The van der Waals surface area contributed by atoms with Crippen molar-refractivity contribution in [1.82, 2.24) is 9.80 Å². The first-order valence-corrected chi connectivity index (χ1v) is 6.60. The van der Waals surface area contributed by atoms with E-state index in [4.69, 9.17) is 5.73 Å². The van der Waals surface area contributed by atoms with Crippen LogP contribution in [0, 0.1) is 17.6 Å². The summed E-state index contributed by atoms with van der Waals surface area (Å²) in [5, 5.41) is 0. The van der Waals surface area contributed by atoms with Crippen LogP contribution < -0.4 is 5.73 Å². The van der Waals surface area contributed by atoms with Gasteiger partial charge in [0.15, 0.2) is 11.6 Å². The van der Waals surface area contributed by atoms with Crippen LogP contribution in [0.3, 0.4) is 0 Å². The normalized spacial score (nSPS) is 21.6. The van der Waals surface area contributed by atoms with Crippen molar-refractivity contribution in [2.75, 3.05) is 33.2 Å². The summed E-state index contributed by atoms with van der Waals surface area (Å²) in [6.45, 7) is 2.80. The van der Waals surface area contributed by atoms with E-state index in [1.54, 1.807) is 6.07 Å². The van der Waals surface area contributed by atoms with Crippen LogP contribution in [0.2, 0.25) is 0 Å². The SMILES string of the molecule is CN1CCN(Cc2cccc(F)c2F)C[C@@H](C(N)=O)C1. The Morgan fingerprint density at radius 3 is 2.80 bits per heavy atom. The molecule has 1 heterocycles. The van der Waals surface area contributed by atoms with Gasteiger partial charge >= 0.3 is 0 Å². The van der Waals surface area contributed by atoms with Crippen LogP contribution in [0.25, 0.3) is 0 Å². The van der Waals surface area contributed by atoms with Crippen molar-refractivity contribution in [2.45, 2.75) is 6.54 Å². The number of halogens is 2. The molecule has 1 aliphatic heterocycles. The van der Waals surface area contributed by atoms with E-state index in [-0.39, 0.29) is 18.4 Å². The maximum absolute atomic E-state index is 13.7. The van der Waals surface area contributed by atoms with E-state index in [0.717, 1.165) is 12.6 Å². The second kappa shape index (κ2) is 6.28. The standard InChI is InChI=1S/C14H19F2N3O/c1-18-5-6-19(9-11(7-18)14(17)20)8-10-3-2-4-12(15)13(10)16/h2-4,11H,5-9H2,1H3,(H2,17,20)/t11-/m0/s1. The summed E-state index contributed by atoms with van der Waals surface area (Å²) >= 11 is 0. The maximum Gasteiger partial charge on any atom is 0.223 e. The zero-order valence-electron chi connectivity index (χ0n) is 11.5. The summed E-state index contributed by atoms with van der Waals surface area (Å²) in [5.74, 6) is -2.32. The molecule has 0 radical (unpaired) electrons. The molecule has 4 nitrogen and oxygen atoms in total. The van der Waals surface area contributed by atoms with Gasteiger partial charge in [-0.15, -0.1) is 0 Å². The monoisotopic (exact) mass is 283 g/mol. The zero-order chi connectivity index (χ0) is 14.7. The lowest BCUT2D eigenvalue weighted by Gasteiger charge is -2.22. The largest absolute Gasteiger partial charge is 0.369 e. The molecule has 1 aliphatic rings. The molecule has 0 aliphatic carbocycles. The highest BCUT2D eigenvalue weighted by molar-refractivity contribution is 5.77. The molecule has 0 spiro atoms. The fourth-order valence-corrected chi connectivity index (χ4v) is 2.48. The highest BCUT2D eigenvalue weighted by Gasteiger charge is 2.25. The molecule has 0 bridgehead atoms. The minimum atomic E-state index is -0.846. The van der Waals surface area contributed by atoms with Crippen molar-refractivity contribution < 1.29 is 13.6 Å². The van der Waals surface area contributed by atoms with E-state index in [0.29, 0.717) is 25.2 Å². The molecule has 1 atom stereocenters. The molecule has 110 valence electrons. The van der Waals surface area contributed by atoms with Crippen LogP contribution >= 0.6 is 0 Å². The number of hydrogen-bond donors (Lipinski definition) is 1. The smallest absolute Gasteiger partial charge is 0.223 e. The van der Waals surface area contributed by atoms with Crippen LogP contribution in [0.1, 0.15) is 5.56 Å². The first-order valence-electron chi connectivity index (χ1n) is 6.60. The molecule has 1 saturated heterocycles. The second-order valence-corrected chi connectivity index (χ2v) is 5.31. The summed E-state index contributed by atoms with van der Waals surface area (Å²) < 4.78 is 26.9. The molecule has 1 aromatic rings. The lowest BCUT2D eigenvalue weighted by atomic mass is 10.1. The Kier molecular flexibility index (Phi) is 4.67. The summed E-state index contributed by atoms with van der Waals surface area (Å²) in [6.07, 6.45) is 0. The predicted octanol–water partition coefficient (Wildman–Crippen LogP) is 0.814. The van der Waals surface area contributed by atoms with Gasteiger partial charge < -0.3 is 10.6 Å². The lowest BCUT2D eigenvalue weighted by molar-refractivity contribution is -0.122. The Hall–Kier alpha value is -1.53. The van der Waals surface area contributed by atoms with Gasteiger partial charge in [0.25, 0.3) is 0 Å². The Morgan fingerprint density at radius 1 is 1.35 bits per heavy atom. The van der Waals surface area contributed by atoms with Gasteiger partial charge in [-0.2, -0.15) is 0 Å². The fraction of sp³-hybridized carbons (Fsp3) is 0.500. The Morgan fingerprint density at radius 2 is 2.10 bits per heavy atom. The van der Waals surface area contributed by atoms with Gasteiger partial charge in [0.2, 0.25) is 5.91 Å². The van der Waals surface area contributed by atoms with E-state index >= 15 is 0 Å². The molecule has 2 rings (SSSR count). The molecule has 0 unspecified atom stereocenters. The van der Waals surface area contributed by atoms with Crippen LogP contribution in [0.4, 0.5) is 8.78 Å². The molecule has 1 fully saturated rings. The molecule has 1 amide bonds. The van der Waals surface area contributed by atoms with Crippen LogP contribution in [0.5, 0.6) is 0 Å². The third kappa shape index (κ3) is 3.52. The number of carbonyl (C=O) groups excluding carboxylic acids is 1. The highest BCUT2D eigenvalue weighted by atomic mass is 19.2. The molecule has 0 saturated carbocycles. The number of primary amides is 1. The van der Waals surface area contributed by atoms with Gasteiger partial charge in [-0.3, -0.25) is 9.69 Å². The quantitative estimate of drug-likeness (QED) is 0.893. The minimum absolute atomic E-state index is 0.279. The number of amides is 1. The lowest BCUT2D eigenvalue weighted by Crippen LogP contribution is -2.37. The van der Waals surface area contributed by atoms with Crippen molar-refractivity contribution in [3.63, 3.8) is 0 Å². The van der Waals surface area contributed by atoms with E-state index in [1.807, 2.05) is 16.8 Å². The summed E-state index contributed by atoms with van der Waals surface area (Å²) in [7, 11) is 1.92. The number of nitrogens with zero attached hydrogens (tertiary/aromatic N) is 2. The van der Waals surface area contributed by atoms with Gasteiger partial charge in [-0.05, 0) is 13.1 Å². The van der Waals surface area contributed by atoms with Crippen molar-refractivity contribution in [2.24, 2.45) is 11.7 Å². The summed E-state index contributed by atoms with van der Waals surface area (Å²) in [4.78, 5) is 15.4. The number of hydrogen-bond acceptors (Lipinski definition) is 3. The van der Waals surface area contributed by atoms with E-state index < -0.39 is 11.6 Å². The van der Waals surface area contributed by atoms with Crippen LogP contribution in [-0.4, -0.2) is 48.9 Å². The molecule has 2 N–H and O–H groups in total.